The average Bonchev–Trinajstić information content (AvgIpc) is 2.61. The van der Waals surface area contributed by atoms with E-state index in [0.29, 0.717) is 12.1 Å². The summed E-state index contributed by atoms with van der Waals surface area (Å²) in [5.41, 5.74) is 1.75. The van der Waals surface area contributed by atoms with Crippen LogP contribution in [0.2, 0.25) is 0 Å². The van der Waals surface area contributed by atoms with Gasteiger partial charge in [-0.25, -0.2) is 0 Å². The molecule has 0 radical (unpaired) electrons. The van der Waals surface area contributed by atoms with Crippen LogP contribution in [-0.2, 0) is 9.59 Å². The Kier molecular flexibility index (Phi) is 12.0. The third-order valence-electron chi connectivity index (χ3n) is 3.63. The van der Waals surface area contributed by atoms with E-state index in [9.17, 15) is 14.7 Å². The molecule has 0 amide bonds. The van der Waals surface area contributed by atoms with Crippen molar-refractivity contribution in [2.45, 2.75) is 53.2 Å². The Morgan fingerprint density at radius 3 is 1.93 bits per heavy atom. The van der Waals surface area contributed by atoms with Crippen LogP contribution >= 0.6 is 12.4 Å². The molecule has 2 aromatic rings. The zero-order chi connectivity index (χ0) is 22.0. The summed E-state index contributed by atoms with van der Waals surface area (Å²) in [4.78, 5) is 22.2. The summed E-state index contributed by atoms with van der Waals surface area (Å²) < 4.78 is 10.0. The second-order valence-electron chi connectivity index (χ2n) is 7.69. The monoisotopic (exact) mass is 437 g/mol. The number of nitrogens with one attached hydrogen (secondary N) is 1. The molecule has 0 heterocycles. The molecule has 0 fully saturated rings. The minimum atomic E-state index is -0.778. The van der Waals surface area contributed by atoms with E-state index >= 15 is 0 Å². The molecule has 166 valence electrons. The summed E-state index contributed by atoms with van der Waals surface area (Å²) in [6, 6.07) is 14.9. The number of hydrogen-bond acceptors (Lipinski definition) is 6. The number of hydrogen-bond donors (Lipinski definition) is 2. The Balaban J connectivity index is 0.000000886. The van der Waals surface area contributed by atoms with Gasteiger partial charge in [0, 0.05) is 25.9 Å². The zero-order valence-electron chi connectivity index (χ0n) is 18.4. The lowest BCUT2D eigenvalue weighted by Gasteiger charge is -2.23. The molecule has 0 aromatic heterocycles. The van der Waals surface area contributed by atoms with Gasteiger partial charge in [0.25, 0.3) is 0 Å². The molecule has 6 nitrogen and oxygen atoms in total. The molecular formula is C23H32ClNO5. The maximum Gasteiger partial charge on any atom is 0.308 e. The van der Waals surface area contributed by atoms with Crippen molar-refractivity contribution >= 4 is 24.3 Å². The summed E-state index contributed by atoms with van der Waals surface area (Å²) in [6.07, 6.45) is -0.778. The van der Waals surface area contributed by atoms with Crippen LogP contribution in [0.25, 0.3) is 0 Å². The van der Waals surface area contributed by atoms with Gasteiger partial charge in [0.15, 0.2) is 11.5 Å². The number of aliphatic hydroxyl groups excluding tert-OH is 1. The smallest absolute Gasteiger partial charge is 0.308 e. The molecule has 2 N–H and O–H groups in total. The fraction of sp³-hybridized carbons (Fsp3) is 0.391. The molecule has 0 saturated carbocycles. The molecule has 30 heavy (non-hydrogen) atoms. The van der Waals surface area contributed by atoms with E-state index in [2.05, 4.69) is 24.4 Å². The van der Waals surface area contributed by atoms with Crippen molar-refractivity contribution in [2.24, 2.45) is 0 Å². The lowest BCUT2D eigenvalue weighted by molar-refractivity contribution is -0.134. The standard InChI is InChI=1S/C16H23NO5.C7H8.ClH/c1-10(18)21-14-7-6-12(8-15(14)22-11(2)19)13(20)9-17-16(3,4)5;1-7-5-3-2-4-6-7;/h6-8,13,17,20H,9H2,1-5H3;2-6H,1H3;1H. The van der Waals surface area contributed by atoms with Gasteiger partial charge in [0.05, 0.1) is 6.10 Å². The van der Waals surface area contributed by atoms with Crippen LogP contribution in [0.15, 0.2) is 48.5 Å². The summed E-state index contributed by atoms with van der Waals surface area (Å²) in [5, 5.41) is 13.4. The van der Waals surface area contributed by atoms with Gasteiger partial charge in [-0.3, -0.25) is 9.59 Å². The largest absolute Gasteiger partial charge is 0.423 e. The third-order valence-corrected chi connectivity index (χ3v) is 3.63. The second-order valence-corrected chi connectivity index (χ2v) is 7.69. The van der Waals surface area contributed by atoms with Gasteiger partial charge in [-0.15, -0.1) is 12.4 Å². The highest BCUT2D eigenvalue weighted by Crippen LogP contribution is 2.31. The number of aryl methyl sites for hydroxylation is 1. The number of rotatable bonds is 5. The van der Waals surface area contributed by atoms with Gasteiger partial charge in [0.2, 0.25) is 0 Å². The first kappa shape index (κ1) is 27.6. The molecule has 0 bridgehead atoms. The number of esters is 2. The third kappa shape index (κ3) is 11.6. The van der Waals surface area contributed by atoms with Crippen molar-refractivity contribution in [2.75, 3.05) is 6.54 Å². The Labute approximate surface area is 185 Å². The van der Waals surface area contributed by atoms with Gasteiger partial charge in [-0.05, 0) is 45.4 Å². The summed E-state index contributed by atoms with van der Waals surface area (Å²) in [5.74, 6) is -0.804. The number of β-amino-alcohol motifs (C(OH)–C–C–N with tert-alkyl or cyclic N) is 1. The van der Waals surface area contributed by atoms with E-state index in [4.69, 9.17) is 9.47 Å². The predicted octanol–water partition coefficient (Wildman–Crippen LogP) is 4.38. The predicted molar refractivity (Wildman–Crippen MR) is 120 cm³/mol. The zero-order valence-corrected chi connectivity index (χ0v) is 19.2. The van der Waals surface area contributed by atoms with E-state index in [-0.39, 0.29) is 29.4 Å². The molecular weight excluding hydrogens is 406 g/mol. The van der Waals surface area contributed by atoms with Gasteiger partial charge in [0.1, 0.15) is 0 Å². The van der Waals surface area contributed by atoms with E-state index in [1.165, 1.54) is 31.5 Å². The molecule has 0 spiro atoms. The molecule has 0 aliphatic heterocycles. The Morgan fingerprint density at radius 2 is 1.50 bits per heavy atom. The Bertz CT molecular complexity index is 803. The molecule has 2 aromatic carbocycles. The SMILES string of the molecule is CC(=O)Oc1ccc(C(O)CNC(C)(C)C)cc1OC(C)=O.Cc1ccccc1.Cl. The summed E-state index contributed by atoms with van der Waals surface area (Å²) >= 11 is 0. The average molecular weight is 438 g/mol. The van der Waals surface area contributed by atoms with E-state index in [0.717, 1.165) is 0 Å². The quantitative estimate of drug-likeness (QED) is 0.533. The van der Waals surface area contributed by atoms with Crippen molar-refractivity contribution in [3.8, 4) is 11.5 Å². The maximum atomic E-state index is 11.2. The lowest BCUT2D eigenvalue weighted by Crippen LogP contribution is -2.38. The minimum absolute atomic E-state index is 0. The first-order valence-corrected chi connectivity index (χ1v) is 9.43. The Morgan fingerprint density at radius 1 is 0.967 bits per heavy atom. The number of carbonyl (C=O) groups excluding carboxylic acids is 2. The first-order chi connectivity index (χ1) is 13.5. The minimum Gasteiger partial charge on any atom is -0.423 e. The van der Waals surface area contributed by atoms with Crippen molar-refractivity contribution in [1.29, 1.82) is 0 Å². The van der Waals surface area contributed by atoms with E-state index in [1.54, 1.807) is 6.07 Å². The van der Waals surface area contributed by atoms with E-state index in [1.807, 2.05) is 39.0 Å². The molecule has 0 aliphatic carbocycles. The van der Waals surface area contributed by atoms with Crippen molar-refractivity contribution in [3.05, 3.63) is 59.7 Å². The number of aliphatic hydroxyl groups is 1. The maximum absolute atomic E-state index is 11.2. The second kappa shape index (κ2) is 13.0. The number of halogens is 1. The normalized spacial score (nSPS) is 11.3. The lowest BCUT2D eigenvalue weighted by atomic mass is 10.1. The number of ether oxygens (including phenoxy) is 2. The van der Waals surface area contributed by atoms with Crippen molar-refractivity contribution in [1.82, 2.24) is 5.32 Å². The van der Waals surface area contributed by atoms with Crippen LogP contribution in [0.5, 0.6) is 11.5 Å². The van der Waals surface area contributed by atoms with Crippen molar-refractivity contribution < 1.29 is 24.2 Å². The molecule has 0 saturated heterocycles. The summed E-state index contributed by atoms with van der Waals surface area (Å²) in [7, 11) is 0. The van der Waals surface area contributed by atoms with Crippen LogP contribution in [0, 0.1) is 6.92 Å². The van der Waals surface area contributed by atoms with Crippen molar-refractivity contribution in [3.63, 3.8) is 0 Å². The fourth-order valence-electron chi connectivity index (χ4n) is 2.26. The van der Waals surface area contributed by atoms with Gasteiger partial charge in [-0.1, -0.05) is 42.0 Å². The highest BCUT2D eigenvalue weighted by atomic mass is 35.5. The molecule has 1 atom stereocenters. The van der Waals surface area contributed by atoms with Crippen LogP contribution in [0.1, 0.15) is 51.8 Å². The molecule has 7 heteroatoms. The van der Waals surface area contributed by atoms with Gasteiger partial charge in [-0.2, -0.15) is 0 Å². The van der Waals surface area contributed by atoms with Crippen LogP contribution in [0.3, 0.4) is 0 Å². The highest BCUT2D eigenvalue weighted by Gasteiger charge is 2.17. The Hall–Kier alpha value is -2.41. The van der Waals surface area contributed by atoms with Gasteiger partial charge < -0.3 is 19.9 Å². The summed E-state index contributed by atoms with van der Waals surface area (Å²) in [6.45, 7) is 10.9. The highest BCUT2D eigenvalue weighted by molar-refractivity contribution is 5.85. The molecule has 1 unspecified atom stereocenters. The van der Waals surface area contributed by atoms with Crippen LogP contribution in [0.4, 0.5) is 0 Å². The first-order valence-electron chi connectivity index (χ1n) is 9.43. The number of carbonyl (C=O) groups is 2. The fourth-order valence-corrected chi connectivity index (χ4v) is 2.26. The van der Waals surface area contributed by atoms with E-state index < -0.39 is 18.0 Å². The molecule has 2 rings (SSSR count). The number of benzene rings is 2. The molecule has 0 aliphatic rings. The van der Waals surface area contributed by atoms with Crippen LogP contribution in [-0.4, -0.2) is 29.1 Å². The topological polar surface area (TPSA) is 84.9 Å². The van der Waals surface area contributed by atoms with Gasteiger partial charge >= 0.3 is 11.9 Å². The van der Waals surface area contributed by atoms with Crippen LogP contribution < -0.4 is 14.8 Å².